The Kier molecular flexibility index (Phi) is 4.20. The van der Waals surface area contributed by atoms with Gasteiger partial charge in [-0.2, -0.15) is 0 Å². The largest absolute Gasteiger partial charge is 0.385 e. The molecule has 0 heterocycles. The van der Waals surface area contributed by atoms with Crippen LogP contribution in [0, 0.1) is 23.0 Å². The van der Waals surface area contributed by atoms with Gasteiger partial charge < -0.3 is 16.5 Å². The SMILES string of the molecule is CC(C)C(=N)/C=C(/N)Nc1ccc(F)c(F)c1. The average Bonchev–Trinajstić information content (AvgIpc) is 2.23. The molecule has 3 nitrogen and oxygen atoms in total. The highest BCUT2D eigenvalue weighted by Crippen LogP contribution is 2.14. The maximum absolute atomic E-state index is 12.9. The third-order valence-corrected chi connectivity index (χ3v) is 2.14. The molecule has 0 radical (unpaired) electrons. The van der Waals surface area contributed by atoms with Gasteiger partial charge in [0, 0.05) is 17.5 Å². The Morgan fingerprint density at radius 2 is 2.00 bits per heavy atom. The van der Waals surface area contributed by atoms with E-state index in [1.807, 2.05) is 13.8 Å². The smallest absolute Gasteiger partial charge is 0.160 e. The van der Waals surface area contributed by atoms with Crippen molar-refractivity contribution in [1.82, 2.24) is 0 Å². The number of allylic oxidation sites excluding steroid dienone is 1. The fraction of sp³-hybridized carbons (Fsp3) is 0.250. The van der Waals surface area contributed by atoms with E-state index in [0.29, 0.717) is 11.4 Å². The van der Waals surface area contributed by atoms with E-state index in [1.165, 1.54) is 12.1 Å². The Morgan fingerprint density at radius 3 is 2.53 bits per heavy atom. The fourth-order valence-electron chi connectivity index (χ4n) is 1.11. The first-order valence-electron chi connectivity index (χ1n) is 5.18. The van der Waals surface area contributed by atoms with Gasteiger partial charge in [-0.05, 0) is 24.1 Å². The highest BCUT2D eigenvalue weighted by Gasteiger charge is 2.04. The molecule has 0 fully saturated rings. The van der Waals surface area contributed by atoms with Gasteiger partial charge >= 0.3 is 0 Å². The molecule has 1 aromatic rings. The number of hydrogen-bond acceptors (Lipinski definition) is 3. The molecular weight excluding hydrogens is 224 g/mol. The zero-order valence-corrected chi connectivity index (χ0v) is 9.72. The predicted octanol–water partition coefficient (Wildman–Crippen LogP) is 2.85. The van der Waals surface area contributed by atoms with Gasteiger partial charge in [0.15, 0.2) is 11.6 Å². The molecule has 4 N–H and O–H groups in total. The van der Waals surface area contributed by atoms with E-state index in [4.69, 9.17) is 11.1 Å². The van der Waals surface area contributed by atoms with Crippen molar-refractivity contribution in [1.29, 1.82) is 5.41 Å². The Hall–Kier alpha value is -1.91. The first kappa shape index (κ1) is 13.2. The summed E-state index contributed by atoms with van der Waals surface area (Å²) >= 11 is 0. The number of nitrogens with one attached hydrogen (secondary N) is 2. The quantitative estimate of drug-likeness (QED) is 0.707. The van der Waals surface area contributed by atoms with Crippen LogP contribution in [0.15, 0.2) is 30.1 Å². The lowest BCUT2D eigenvalue weighted by atomic mass is 10.1. The Morgan fingerprint density at radius 1 is 1.35 bits per heavy atom. The first-order valence-corrected chi connectivity index (χ1v) is 5.18. The number of hydrogen-bond donors (Lipinski definition) is 3. The predicted molar refractivity (Wildman–Crippen MR) is 64.8 cm³/mol. The molecule has 0 aliphatic heterocycles. The molecule has 0 unspecified atom stereocenters. The molecule has 0 atom stereocenters. The normalized spacial score (nSPS) is 11.7. The number of anilines is 1. The number of halogens is 2. The molecule has 0 amide bonds. The van der Waals surface area contributed by atoms with Gasteiger partial charge in [0.1, 0.15) is 5.82 Å². The molecule has 1 rings (SSSR count). The van der Waals surface area contributed by atoms with Crippen molar-refractivity contribution in [2.24, 2.45) is 11.7 Å². The zero-order chi connectivity index (χ0) is 13.0. The van der Waals surface area contributed by atoms with Crippen molar-refractivity contribution in [2.75, 3.05) is 5.32 Å². The highest BCUT2D eigenvalue weighted by molar-refractivity contribution is 5.94. The van der Waals surface area contributed by atoms with Gasteiger partial charge in [-0.25, -0.2) is 8.78 Å². The van der Waals surface area contributed by atoms with Crippen LogP contribution in [0.4, 0.5) is 14.5 Å². The standard InChI is InChI=1S/C12H15F2N3/c1-7(2)11(15)6-12(16)17-8-3-4-9(13)10(14)5-8/h3-7,15,17H,16H2,1-2H3/b12-6-,15-11?. The Balaban J connectivity index is 2.77. The van der Waals surface area contributed by atoms with Gasteiger partial charge in [-0.15, -0.1) is 0 Å². The van der Waals surface area contributed by atoms with Crippen molar-refractivity contribution in [2.45, 2.75) is 13.8 Å². The summed E-state index contributed by atoms with van der Waals surface area (Å²) in [6, 6.07) is 3.39. The number of nitrogens with two attached hydrogens (primary N) is 1. The summed E-state index contributed by atoms with van der Waals surface area (Å²) in [6.45, 7) is 3.73. The lowest BCUT2D eigenvalue weighted by Gasteiger charge is -2.08. The molecule has 17 heavy (non-hydrogen) atoms. The number of benzene rings is 1. The lowest BCUT2D eigenvalue weighted by molar-refractivity contribution is 0.509. The molecule has 0 saturated carbocycles. The van der Waals surface area contributed by atoms with Crippen LogP contribution in [0.2, 0.25) is 0 Å². The summed E-state index contributed by atoms with van der Waals surface area (Å²) in [6.07, 6.45) is 1.45. The maximum atomic E-state index is 12.9. The highest BCUT2D eigenvalue weighted by atomic mass is 19.2. The maximum Gasteiger partial charge on any atom is 0.160 e. The van der Waals surface area contributed by atoms with Crippen molar-refractivity contribution >= 4 is 11.4 Å². The topological polar surface area (TPSA) is 61.9 Å². The van der Waals surface area contributed by atoms with E-state index in [2.05, 4.69) is 5.32 Å². The van der Waals surface area contributed by atoms with Crippen LogP contribution in [0.3, 0.4) is 0 Å². The molecule has 0 spiro atoms. The minimum absolute atomic E-state index is 0.0558. The van der Waals surface area contributed by atoms with E-state index in [9.17, 15) is 8.78 Å². The summed E-state index contributed by atoms with van der Waals surface area (Å²) in [7, 11) is 0. The Bertz CT molecular complexity index is 453. The average molecular weight is 239 g/mol. The van der Waals surface area contributed by atoms with E-state index in [0.717, 1.165) is 12.1 Å². The fourth-order valence-corrected chi connectivity index (χ4v) is 1.11. The van der Waals surface area contributed by atoms with E-state index < -0.39 is 11.6 Å². The summed E-state index contributed by atoms with van der Waals surface area (Å²) in [5, 5.41) is 10.3. The molecule has 0 aliphatic carbocycles. The van der Waals surface area contributed by atoms with E-state index in [1.54, 1.807) is 0 Å². The molecule has 92 valence electrons. The van der Waals surface area contributed by atoms with E-state index in [-0.39, 0.29) is 11.7 Å². The van der Waals surface area contributed by atoms with Crippen molar-refractivity contribution in [3.63, 3.8) is 0 Å². The molecule has 0 aromatic heterocycles. The van der Waals surface area contributed by atoms with Crippen LogP contribution in [0.5, 0.6) is 0 Å². The van der Waals surface area contributed by atoms with Gasteiger partial charge in [0.2, 0.25) is 0 Å². The van der Waals surface area contributed by atoms with Gasteiger partial charge in [-0.1, -0.05) is 13.8 Å². The first-order chi connectivity index (χ1) is 7.90. The van der Waals surface area contributed by atoms with Crippen molar-refractivity contribution in [3.8, 4) is 0 Å². The van der Waals surface area contributed by atoms with Crippen LogP contribution in [0.25, 0.3) is 0 Å². The van der Waals surface area contributed by atoms with E-state index >= 15 is 0 Å². The van der Waals surface area contributed by atoms with Gasteiger partial charge in [0.25, 0.3) is 0 Å². The molecule has 5 heteroatoms. The summed E-state index contributed by atoms with van der Waals surface area (Å²) in [4.78, 5) is 0. The third kappa shape index (κ3) is 3.86. The minimum Gasteiger partial charge on any atom is -0.385 e. The molecular formula is C12H15F2N3. The number of rotatable bonds is 4. The third-order valence-electron chi connectivity index (χ3n) is 2.14. The molecule has 1 aromatic carbocycles. The zero-order valence-electron chi connectivity index (χ0n) is 9.72. The van der Waals surface area contributed by atoms with Crippen LogP contribution in [-0.4, -0.2) is 5.71 Å². The second-order valence-corrected chi connectivity index (χ2v) is 3.96. The second-order valence-electron chi connectivity index (χ2n) is 3.96. The minimum atomic E-state index is -0.943. The monoisotopic (exact) mass is 239 g/mol. The van der Waals surface area contributed by atoms with Crippen LogP contribution < -0.4 is 11.1 Å². The van der Waals surface area contributed by atoms with Crippen LogP contribution in [-0.2, 0) is 0 Å². The van der Waals surface area contributed by atoms with Crippen LogP contribution >= 0.6 is 0 Å². The molecule has 0 saturated heterocycles. The summed E-state index contributed by atoms with van der Waals surface area (Å²) in [5.41, 5.74) is 6.33. The molecule has 0 bridgehead atoms. The van der Waals surface area contributed by atoms with Crippen molar-refractivity contribution in [3.05, 3.63) is 41.7 Å². The van der Waals surface area contributed by atoms with Gasteiger partial charge in [0.05, 0.1) is 0 Å². The lowest BCUT2D eigenvalue weighted by Crippen LogP contribution is -2.13. The van der Waals surface area contributed by atoms with Gasteiger partial charge in [-0.3, -0.25) is 0 Å². The Labute approximate surface area is 98.8 Å². The van der Waals surface area contributed by atoms with Crippen LogP contribution in [0.1, 0.15) is 13.8 Å². The van der Waals surface area contributed by atoms with Crippen molar-refractivity contribution < 1.29 is 8.78 Å². The summed E-state index contributed by atoms with van der Waals surface area (Å²) in [5.74, 6) is -1.58. The second kappa shape index (κ2) is 5.43. The summed E-state index contributed by atoms with van der Waals surface area (Å²) < 4.78 is 25.6. The molecule has 0 aliphatic rings.